The number of para-hydroxylation sites is 2. The second kappa shape index (κ2) is 13.0. The first-order chi connectivity index (χ1) is 17.6. The van der Waals surface area contributed by atoms with Crippen LogP contribution in [-0.2, 0) is 14.3 Å². The zero-order chi connectivity index (χ0) is 25.3. The van der Waals surface area contributed by atoms with Crippen LogP contribution in [0.15, 0.2) is 41.8 Å². The maximum absolute atomic E-state index is 12.7. The lowest BCUT2D eigenvalue weighted by molar-refractivity contribution is -0.139. The van der Waals surface area contributed by atoms with E-state index in [0.717, 1.165) is 50.7 Å². The molecule has 2 aliphatic heterocycles. The summed E-state index contributed by atoms with van der Waals surface area (Å²) in [6.45, 7) is 9.65. The van der Waals surface area contributed by atoms with E-state index in [9.17, 15) is 9.59 Å². The van der Waals surface area contributed by atoms with E-state index >= 15 is 0 Å². The van der Waals surface area contributed by atoms with Crippen LogP contribution in [0.3, 0.4) is 0 Å². The van der Waals surface area contributed by atoms with E-state index in [1.807, 2.05) is 31.2 Å². The highest BCUT2D eigenvalue weighted by Gasteiger charge is 2.32. The molecule has 0 unspecified atom stereocenters. The minimum Gasteiger partial charge on any atom is -0.495 e. The van der Waals surface area contributed by atoms with Gasteiger partial charge in [0.05, 0.1) is 32.1 Å². The second-order valence-corrected chi connectivity index (χ2v) is 10.1. The Balaban J connectivity index is 1.32. The SMILES string of the molecule is COc1ccccc1N1CCN([C@@H](c2cccs2)[C@@H](C)NC(=O)C(=O)NCCN2CCOCC2)CC1. The van der Waals surface area contributed by atoms with Gasteiger partial charge in [-0.05, 0) is 30.5 Å². The minimum absolute atomic E-state index is 0.00470. The number of hydrogen-bond acceptors (Lipinski definition) is 8. The Labute approximate surface area is 217 Å². The molecular formula is C26H37N5O4S. The van der Waals surface area contributed by atoms with Crippen molar-refractivity contribution in [1.29, 1.82) is 0 Å². The summed E-state index contributed by atoms with van der Waals surface area (Å²) < 4.78 is 10.9. The molecule has 2 N–H and O–H groups in total. The topological polar surface area (TPSA) is 86.4 Å². The van der Waals surface area contributed by atoms with E-state index in [2.05, 4.69) is 42.8 Å². The van der Waals surface area contributed by atoms with Crippen LogP contribution in [0, 0.1) is 0 Å². The summed E-state index contributed by atoms with van der Waals surface area (Å²) in [5.74, 6) is -0.291. The molecule has 9 nitrogen and oxygen atoms in total. The fourth-order valence-corrected chi connectivity index (χ4v) is 5.88. The van der Waals surface area contributed by atoms with Gasteiger partial charge in [-0.25, -0.2) is 0 Å². The molecule has 2 atom stereocenters. The lowest BCUT2D eigenvalue weighted by atomic mass is 10.0. The van der Waals surface area contributed by atoms with Crippen LogP contribution in [-0.4, -0.2) is 100 Å². The Morgan fingerprint density at radius 3 is 2.47 bits per heavy atom. The highest BCUT2D eigenvalue weighted by atomic mass is 32.1. The van der Waals surface area contributed by atoms with Gasteiger partial charge in [0.15, 0.2) is 0 Å². The lowest BCUT2D eigenvalue weighted by Crippen LogP contribution is -2.54. The Hall–Kier alpha value is -2.66. The van der Waals surface area contributed by atoms with Crippen molar-refractivity contribution in [2.75, 3.05) is 77.6 Å². The number of methoxy groups -OCH3 is 1. The number of amides is 2. The first kappa shape index (κ1) is 26.4. The average molecular weight is 516 g/mol. The fraction of sp³-hybridized carbons (Fsp3) is 0.538. The number of ether oxygens (including phenoxy) is 2. The van der Waals surface area contributed by atoms with Gasteiger partial charge in [-0.1, -0.05) is 18.2 Å². The van der Waals surface area contributed by atoms with E-state index in [0.29, 0.717) is 26.3 Å². The third kappa shape index (κ3) is 6.76. The van der Waals surface area contributed by atoms with E-state index < -0.39 is 11.8 Å². The molecule has 2 fully saturated rings. The Morgan fingerprint density at radius 1 is 1.03 bits per heavy atom. The van der Waals surface area contributed by atoms with Gasteiger partial charge in [-0.15, -0.1) is 11.3 Å². The molecule has 3 heterocycles. The van der Waals surface area contributed by atoms with Gasteiger partial charge < -0.3 is 25.0 Å². The van der Waals surface area contributed by atoms with Crippen LogP contribution < -0.4 is 20.3 Å². The quantitative estimate of drug-likeness (QED) is 0.491. The van der Waals surface area contributed by atoms with Crippen molar-refractivity contribution in [3.05, 3.63) is 46.7 Å². The van der Waals surface area contributed by atoms with Crippen molar-refractivity contribution < 1.29 is 19.1 Å². The molecule has 0 bridgehead atoms. The Kier molecular flexibility index (Phi) is 9.57. The molecule has 2 aliphatic rings. The molecule has 196 valence electrons. The molecule has 2 aromatic rings. The van der Waals surface area contributed by atoms with E-state index in [4.69, 9.17) is 9.47 Å². The molecule has 36 heavy (non-hydrogen) atoms. The second-order valence-electron chi connectivity index (χ2n) is 9.13. The summed E-state index contributed by atoms with van der Waals surface area (Å²) in [4.78, 5) is 33.3. The van der Waals surface area contributed by atoms with Crippen LogP contribution in [0.5, 0.6) is 5.75 Å². The van der Waals surface area contributed by atoms with Gasteiger partial charge in [0, 0.05) is 63.3 Å². The molecule has 2 saturated heterocycles. The molecule has 0 saturated carbocycles. The summed E-state index contributed by atoms with van der Waals surface area (Å²) in [6, 6.07) is 12.0. The molecule has 4 rings (SSSR count). The number of carbonyl (C=O) groups is 2. The van der Waals surface area contributed by atoms with Gasteiger partial charge in [-0.2, -0.15) is 0 Å². The third-order valence-corrected chi connectivity index (χ3v) is 7.77. The highest BCUT2D eigenvalue weighted by molar-refractivity contribution is 7.10. The van der Waals surface area contributed by atoms with Gasteiger partial charge in [-0.3, -0.25) is 19.4 Å². The molecule has 0 spiro atoms. The summed E-state index contributed by atoms with van der Waals surface area (Å²) >= 11 is 1.68. The number of rotatable bonds is 9. The predicted octanol–water partition coefficient (Wildman–Crippen LogP) is 1.57. The van der Waals surface area contributed by atoms with E-state index in [1.54, 1.807) is 18.4 Å². The number of thiophene rings is 1. The average Bonchev–Trinajstić information content (AvgIpc) is 3.44. The Bertz CT molecular complexity index is 974. The van der Waals surface area contributed by atoms with Crippen LogP contribution in [0.1, 0.15) is 17.8 Å². The smallest absolute Gasteiger partial charge is 0.309 e. The normalized spacial score (nSPS) is 18.9. The number of piperazine rings is 1. The first-order valence-electron chi connectivity index (χ1n) is 12.6. The summed E-state index contributed by atoms with van der Waals surface area (Å²) in [5, 5.41) is 7.78. The highest BCUT2D eigenvalue weighted by Crippen LogP contribution is 2.32. The molecule has 0 aliphatic carbocycles. The van der Waals surface area contributed by atoms with Gasteiger partial charge in [0.1, 0.15) is 5.75 Å². The van der Waals surface area contributed by atoms with Crippen LogP contribution in [0.4, 0.5) is 5.69 Å². The molecular weight excluding hydrogens is 478 g/mol. The summed E-state index contributed by atoms with van der Waals surface area (Å²) in [5.41, 5.74) is 1.10. The lowest BCUT2D eigenvalue weighted by Gasteiger charge is -2.42. The maximum Gasteiger partial charge on any atom is 0.309 e. The maximum atomic E-state index is 12.7. The van der Waals surface area contributed by atoms with Crippen molar-refractivity contribution in [2.24, 2.45) is 0 Å². The minimum atomic E-state index is -0.585. The van der Waals surface area contributed by atoms with Crippen molar-refractivity contribution >= 4 is 28.8 Å². The van der Waals surface area contributed by atoms with Gasteiger partial charge >= 0.3 is 11.8 Å². The predicted molar refractivity (Wildman–Crippen MR) is 142 cm³/mol. The monoisotopic (exact) mass is 515 g/mol. The molecule has 2 amide bonds. The number of nitrogens with zero attached hydrogens (tertiary/aromatic N) is 3. The number of nitrogens with one attached hydrogen (secondary N) is 2. The number of carbonyl (C=O) groups excluding carboxylic acids is 2. The van der Waals surface area contributed by atoms with Crippen LogP contribution >= 0.6 is 11.3 Å². The number of morpholine rings is 1. The molecule has 1 aromatic carbocycles. The standard InChI is InChI=1S/C26H37N5O4S/c1-20(28-26(33)25(32)27-9-10-29-15-17-35-18-16-29)24(23-8-5-19-36-23)31-13-11-30(12-14-31)21-6-3-4-7-22(21)34-2/h3-8,19-20,24H,9-18H2,1-2H3,(H,27,32)(H,28,33)/t20-,24-/m1/s1. The van der Waals surface area contributed by atoms with Gasteiger partial charge in [0.25, 0.3) is 0 Å². The number of benzene rings is 1. The van der Waals surface area contributed by atoms with Crippen LogP contribution in [0.25, 0.3) is 0 Å². The molecule has 10 heteroatoms. The zero-order valence-electron chi connectivity index (χ0n) is 21.2. The molecule has 1 aromatic heterocycles. The van der Waals surface area contributed by atoms with Crippen molar-refractivity contribution in [1.82, 2.24) is 20.4 Å². The molecule has 0 radical (unpaired) electrons. The summed E-state index contributed by atoms with van der Waals surface area (Å²) in [6.07, 6.45) is 0. The largest absolute Gasteiger partial charge is 0.495 e. The zero-order valence-corrected chi connectivity index (χ0v) is 22.0. The first-order valence-corrected chi connectivity index (χ1v) is 13.5. The number of anilines is 1. The van der Waals surface area contributed by atoms with E-state index in [1.165, 1.54) is 4.88 Å². The van der Waals surface area contributed by atoms with Crippen molar-refractivity contribution in [3.8, 4) is 5.75 Å². The van der Waals surface area contributed by atoms with E-state index in [-0.39, 0.29) is 12.1 Å². The summed E-state index contributed by atoms with van der Waals surface area (Å²) in [7, 11) is 1.70. The van der Waals surface area contributed by atoms with Gasteiger partial charge in [0.2, 0.25) is 0 Å². The number of hydrogen-bond donors (Lipinski definition) is 2. The van der Waals surface area contributed by atoms with Crippen molar-refractivity contribution in [2.45, 2.75) is 19.0 Å². The fourth-order valence-electron chi connectivity index (χ4n) is 4.92. The van der Waals surface area contributed by atoms with Crippen molar-refractivity contribution in [3.63, 3.8) is 0 Å². The van der Waals surface area contributed by atoms with Crippen LogP contribution in [0.2, 0.25) is 0 Å². The third-order valence-electron chi connectivity index (χ3n) is 6.82. The Morgan fingerprint density at radius 2 is 1.78 bits per heavy atom.